The second-order valence-corrected chi connectivity index (χ2v) is 6.57. The van der Waals surface area contributed by atoms with Gasteiger partial charge in [-0.1, -0.05) is 36.5 Å². The number of nitrogens with one attached hydrogen (secondary N) is 1. The zero-order valence-corrected chi connectivity index (χ0v) is 11.9. The topological polar surface area (TPSA) is 37.8 Å². The van der Waals surface area contributed by atoms with Gasteiger partial charge in [0, 0.05) is 11.4 Å². The van der Waals surface area contributed by atoms with Crippen molar-refractivity contribution < 1.29 is 0 Å². The average molecular weight is 277 g/mol. The highest BCUT2D eigenvalue weighted by atomic mass is 32.2. The Morgan fingerprint density at radius 1 is 1.33 bits per heavy atom. The molecule has 1 aromatic carbocycles. The Bertz CT molecular complexity index is 514. The van der Waals surface area contributed by atoms with Gasteiger partial charge in [-0.05, 0) is 24.6 Å². The molecule has 1 aliphatic rings. The van der Waals surface area contributed by atoms with E-state index in [1.165, 1.54) is 10.5 Å². The molecule has 0 spiro atoms. The third kappa shape index (κ3) is 2.43. The third-order valence-corrected chi connectivity index (χ3v) is 5.44. The summed E-state index contributed by atoms with van der Waals surface area (Å²) >= 11 is 3.65. The first-order chi connectivity index (χ1) is 8.86. The van der Waals surface area contributed by atoms with Crippen LogP contribution < -0.4 is 5.32 Å². The van der Waals surface area contributed by atoms with Crippen LogP contribution in [0.5, 0.6) is 0 Å². The number of thioether (sulfide) groups is 1. The summed E-state index contributed by atoms with van der Waals surface area (Å²) in [4.78, 5) is 1.39. The van der Waals surface area contributed by atoms with E-state index in [2.05, 4.69) is 46.7 Å². The van der Waals surface area contributed by atoms with Gasteiger partial charge < -0.3 is 5.32 Å². The predicted octanol–water partition coefficient (Wildman–Crippen LogP) is 3.04. The van der Waals surface area contributed by atoms with Crippen molar-refractivity contribution in [1.82, 2.24) is 15.5 Å². The van der Waals surface area contributed by atoms with Gasteiger partial charge in [-0.2, -0.15) is 0 Å². The van der Waals surface area contributed by atoms with E-state index in [1.807, 2.05) is 11.8 Å². The minimum atomic E-state index is 0.454. The molecule has 0 fully saturated rings. The summed E-state index contributed by atoms with van der Waals surface area (Å²) < 4.78 is 0. The molecule has 18 heavy (non-hydrogen) atoms. The van der Waals surface area contributed by atoms with Crippen LogP contribution in [-0.2, 0) is 13.0 Å². The Labute approximate surface area is 115 Å². The van der Waals surface area contributed by atoms with Crippen molar-refractivity contribution in [2.75, 3.05) is 6.54 Å². The minimum Gasteiger partial charge on any atom is -0.311 e. The van der Waals surface area contributed by atoms with Crippen molar-refractivity contribution in [3.63, 3.8) is 0 Å². The normalized spacial score (nSPS) is 17.9. The van der Waals surface area contributed by atoms with E-state index < -0.39 is 0 Å². The SMILES string of the molecule is CCNCc1nnc(C2Cc3ccccc3S2)s1. The van der Waals surface area contributed by atoms with Gasteiger partial charge in [0.15, 0.2) is 0 Å². The lowest BCUT2D eigenvalue weighted by atomic mass is 10.1. The van der Waals surface area contributed by atoms with Crippen LogP contribution in [-0.4, -0.2) is 16.7 Å². The molecule has 0 saturated heterocycles. The number of fused-ring (bicyclic) bond motifs is 1. The van der Waals surface area contributed by atoms with Crippen LogP contribution in [0, 0.1) is 0 Å². The Morgan fingerprint density at radius 2 is 2.22 bits per heavy atom. The van der Waals surface area contributed by atoms with Crippen LogP contribution in [0.15, 0.2) is 29.2 Å². The summed E-state index contributed by atoms with van der Waals surface area (Å²) in [5.74, 6) is 0. The van der Waals surface area contributed by atoms with Gasteiger partial charge >= 0.3 is 0 Å². The van der Waals surface area contributed by atoms with Gasteiger partial charge in [0.2, 0.25) is 0 Å². The molecule has 1 unspecified atom stereocenters. The second kappa shape index (κ2) is 5.38. The van der Waals surface area contributed by atoms with Crippen LogP contribution in [0.1, 0.15) is 27.8 Å². The van der Waals surface area contributed by atoms with Gasteiger partial charge in [0.05, 0.1) is 5.25 Å². The van der Waals surface area contributed by atoms with E-state index in [0.29, 0.717) is 5.25 Å². The van der Waals surface area contributed by atoms with Crippen molar-refractivity contribution in [3.05, 3.63) is 39.8 Å². The number of hydrogen-bond acceptors (Lipinski definition) is 5. The third-order valence-electron chi connectivity index (χ3n) is 2.93. The van der Waals surface area contributed by atoms with E-state index in [0.717, 1.165) is 29.5 Å². The van der Waals surface area contributed by atoms with E-state index in [4.69, 9.17) is 0 Å². The average Bonchev–Trinajstić information content (AvgIpc) is 3.02. The molecule has 1 atom stereocenters. The van der Waals surface area contributed by atoms with Crippen molar-refractivity contribution in [2.24, 2.45) is 0 Å². The van der Waals surface area contributed by atoms with Crippen LogP contribution in [0.2, 0.25) is 0 Å². The second-order valence-electron chi connectivity index (χ2n) is 4.23. The Hall–Kier alpha value is -0.910. The maximum atomic E-state index is 4.34. The van der Waals surface area contributed by atoms with Crippen molar-refractivity contribution in [1.29, 1.82) is 0 Å². The number of hydrogen-bond donors (Lipinski definition) is 1. The van der Waals surface area contributed by atoms with E-state index in [9.17, 15) is 0 Å². The molecule has 3 rings (SSSR count). The summed E-state index contributed by atoms with van der Waals surface area (Å²) in [6, 6.07) is 8.62. The largest absolute Gasteiger partial charge is 0.311 e. The van der Waals surface area contributed by atoms with Crippen LogP contribution >= 0.6 is 23.1 Å². The molecule has 0 saturated carbocycles. The lowest BCUT2D eigenvalue weighted by Crippen LogP contribution is -2.11. The highest BCUT2D eigenvalue weighted by Gasteiger charge is 2.26. The van der Waals surface area contributed by atoms with Crippen LogP contribution in [0.3, 0.4) is 0 Å². The number of benzene rings is 1. The predicted molar refractivity (Wildman–Crippen MR) is 76.0 cm³/mol. The van der Waals surface area contributed by atoms with Gasteiger partial charge in [0.25, 0.3) is 0 Å². The lowest BCUT2D eigenvalue weighted by molar-refractivity contribution is 0.713. The minimum absolute atomic E-state index is 0.454. The monoisotopic (exact) mass is 277 g/mol. The molecule has 2 heterocycles. The van der Waals surface area contributed by atoms with Crippen LogP contribution in [0.25, 0.3) is 0 Å². The van der Waals surface area contributed by atoms with Crippen molar-refractivity contribution in [2.45, 2.75) is 30.0 Å². The molecule has 1 aliphatic heterocycles. The summed E-state index contributed by atoms with van der Waals surface area (Å²) in [6.45, 7) is 3.91. The van der Waals surface area contributed by atoms with E-state index in [1.54, 1.807) is 11.3 Å². The zero-order chi connectivity index (χ0) is 12.4. The summed E-state index contributed by atoms with van der Waals surface area (Å²) in [7, 11) is 0. The molecule has 2 aromatic rings. The van der Waals surface area contributed by atoms with Crippen molar-refractivity contribution >= 4 is 23.1 Å². The van der Waals surface area contributed by atoms with Crippen molar-refractivity contribution in [3.8, 4) is 0 Å². The highest BCUT2D eigenvalue weighted by molar-refractivity contribution is 8.00. The first kappa shape index (κ1) is 12.1. The van der Waals surface area contributed by atoms with E-state index in [-0.39, 0.29) is 0 Å². The van der Waals surface area contributed by atoms with Gasteiger partial charge in [-0.3, -0.25) is 0 Å². The fourth-order valence-corrected chi connectivity index (χ4v) is 4.28. The van der Waals surface area contributed by atoms with Gasteiger partial charge in [-0.25, -0.2) is 0 Å². The summed E-state index contributed by atoms with van der Waals surface area (Å²) in [6.07, 6.45) is 1.08. The molecule has 1 N–H and O–H groups in total. The zero-order valence-electron chi connectivity index (χ0n) is 10.2. The molecule has 0 aliphatic carbocycles. The standard InChI is InChI=1S/C13H15N3S2/c1-2-14-8-12-15-16-13(18-12)11-7-9-5-3-4-6-10(9)17-11/h3-6,11,14H,2,7-8H2,1H3. The maximum Gasteiger partial charge on any atom is 0.131 e. The first-order valence-corrected chi connectivity index (χ1v) is 7.84. The molecule has 5 heteroatoms. The molecule has 1 aromatic heterocycles. The molecule has 0 radical (unpaired) electrons. The Morgan fingerprint density at radius 3 is 3.06 bits per heavy atom. The fraction of sp³-hybridized carbons (Fsp3) is 0.385. The molecule has 94 valence electrons. The quantitative estimate of drug-likeness (QED) is 0.932. The summed E-state index contributed by atoms with van der Waals surface area (Å²) in [5.41, 5.74) is 1.44. The highest BCUT2D eigenvalue weighted by Crippen LogP contribution is 2.46. The summed E-state index contributed by atoms with van der Waals surface area (Å²) in [5, 5.41) is 14.6. The lowest BCUT2D eigenvalue weighted by Gasteiger charge is -2.01. The number of rotatable bonds is 4. The van der Waals surface area contributed by atoms with Gasteiger partial charge in [0.1, 0.15) is 10.0 Å². The molecular weight excluding hydrogens is 262 g/mol. The maximum absolute atomic E-state index is 4.34. The molecular formula is C13H15N3S2. The number of aromatic nitrogens is 2. The van der Waals surface area contributed by atoms with Gasteiger partial charge in [-0.15, -0.1) is 22.0 Å². The fourth-order valence-electron chi connectivity index (χ4n) is 2.02. The molecule has 3 nitrogen and oxygen atoms in total. The first-order valence-electron chi connectivity index (χ1n) is 6.14. The molecule has 0 bridgehead atoms. The number of nitrogens with zero attached hydrogens (tertiary/aromatic N) is 2. The smallest absolute Gasteiger partial charge is 0.131 e. The Kier molecular flexibility index (Phi) is 3.63. The Balaban J connectivity index is 1.72. The van der Waals surface area contributed by atoms with Crippen LogP contribution in [0.4, 0.5) is 0 Å². The van der Waals surface area contributed by atoms with E-state index >= 15 is 0 Å². The molecule has 0 amide bonds.